The predicted octanol–water partition coefficient (Wildman–Crippen LogP) is 3.32. The average molecular weight is 325 g/mol. The summed E-state index contributed by atoms with van der Waals surface area (Å²) in [5.41, 5.74) is 4.00. The zero-order chi connectivity index (χ0) is 16.5. The van der Waals surface area contributed by atoms with Crippen molar-refractivity contribution >= 4 is 5.97 Å². The fraction of sp³-hybridized carbons (Fsp3) is 0.474. The Kier molecular flexibility index (Phi) is 4.10. The molecule has 1 aromatic carbocycles. The first-order chi connectivity index (χ1) is 11.7. The summed E-state index contributed by atoms with van der Waals surface area (Å²) in [6, 6.07) is 7.59. The van der Waals surface area contributed by atoms with E-state index in [1.165, 1.54) is 24.2 Å². The van der Waals surface area contributed by atoms with Crippen LogP contribution in [0.5, 0.6) is 0 Å². The third kappa shape index (κ3) is 2.96. The van der Waals surface area contributed by atoms with Gasteiger partial charge in [-0.1, -0.05) is 12.1 Å². The number of H-pyrrole nitrogens is 1. The normalized spacial score (nSPS) is 20.9. The Bertz CT molecular complexity index is 729. The van der Waals surface area contributed by atoms with Gasteiger partial charge in [-0.25, -0.2) is 9.78 Å². The number of nitrogens with one attached hydrogen (secondary N) is 1. The summed E-state index contributed by atoms with van der Waals surface area (Å²) in [4.78, 5) is 22.0. The second-order valence-corrected chi connectivity index (χ2v) is 6.89. The van der Waals surface area contributed by atoms with Gasteiger partial charge in [0.1, 0.15) is 5.82 Å². The van der Waals surface area contributed by atoms with Crippen LogP contribution in [0.15, 0.2) is 24.3 Å². The maximum atomic E-state index is 11.2. The number of nitrogens with zero attached hydrogens (tertiary/aromatic N) is 2. The number of aromatic amines is 1. The number of carbonyl (C=O) groups is 1. The van der Waals surface area contributed by atoms with Crippen molar-refractivity contribution in [3.05, 3.63) is 52.6 Å². The summed E-state index contributed by atoms with van der Waals surface area (Å²) < 4.78 is 0. The summed E-state index contributed by atoms with van der Waals surface area (Å²) in [5.74, 6) is 0.238. The summed E-state index contributed by atoms with van der Waals surface area (Å²) in [6.45, 7) is 1.81. The zero-order valence-electron chi connectivity index (χ0n) is 13.8. The summed E-state index contributed by atoms with van der Waals surface area (Å²) in [6.07, 6.45) is 6.99. The van der Waals surface area contributed by atoms with E-state index in [-0.39, 0.29) is 0 Å². The van der Waals surface area contributed by atoms with Crippen LogP contribution >= 0.6 is 0 Å². The molecule has 126 valence electrons. The maximum Gasteiger partial charge on any atom is 0.335 e. The Hall–Kier alpha value is -2.14. The lowest BCUT2D eigenvalue weighted by atomic mass is 10.0. The van der Waals surface area contributed by atoms with Crippen molar-refractivity contribution in [2.45, 2.75) is 51.1 Å². The number of benzene rings is 1. The second kappa shape index (κ2) is 6.40. The quantitative estimate of drug-likeness (QED) is 0.905. The van der Waals surface area contributed by atoms with Gasteiger partial charge in [0.05, 0.1) is 17.3 Å². The Labute approximate surface area is 141 Å². The summed E-state index contributed by atoms with van der Waals surface area (Å²) in [7, 11) is 0. The fourth-order valence-electron chi connectivity index (χ4n) is 4.00. The molecule has 2 heterocycles. The van der Waals surface area contributed by atoms with Crippen molar-refractivity contribution in [2.24, 2.45) is 0 Å². The topological polar surface area (TPSA) is 69.2 Å². The van der Waals surface area contributed by atoms with Gasteiger partial charge in [-0.05, 0) is 62.8 Å². The van der Waals surface area contributed by atoms with Crippen LogP contribution in [0.2, 0.25) is 0 Å². The van der Waals surface area contributed by atoms with Crippen LogP contribution in [0, 0.1) is 0 Å². The van der Waals surface area contributed by atoms with Gasteiger partial charge < -0.3 is 10.1 Å². The Morgan fingerprint density at radius 3 is 3.00 bits per heavy atom. The molecular formula is C19H23N3O2. The van der Waals surface area contributed by atoms with E-state index in [0.717, 1.165) is 50.2 Å². The molecule has 0 spiro atoms. The number of fused-ring (bicyclic) bond motifs is 1. The lowest BCUT2D eigenvalue weighted by molar-refractivity contribution is 0.0696. The van der Waals surface area contributed by atoms with E-state index < -0.39 is 5.97 Å². The molecule has 2 aliphatic rings. The van der Waals surface area contributed by atoms with Crippen molar-refractivity contribution < 1.29 is 9.90 Å². The monoisotopic (exact) mass is 325 g/mol. The van der Waals surface area contributed by atoms with Crippen molar-refractivity contribution in [3.63, 3.8) is 0 Å². The number of hydrogen-bond acceptors (Lipinski definition) is 3. The molecule has 1 aliphatic carbocycles. The van der Waals surface area contributed by atoms with E-state index in [1.807, 2.05) is 12.1 Å². The highest BCUT2D eigenvalue weighted by Crippen LogP contribution is 2.33. The molecule has 5 nitrogen and oxygen atoms in total. The third-order valence-electron chi connectivity index (χ3n) is 5.21. The number of likely N-dealkylation sites (tertiary alicyclic amines) is 1. The van der Waals surface area contributed by atoms with Gasteiger partial charge in [0.2, 0.25) is 0 Å². The number of carboxylic acids is 1. The van der Waals surface area contributed by atoms with Crippen molar-refractivity contribution in [1.82, 2.24) is 14.9 Å². The molecule has 0 saturated carbocycles. The van der Waals surface area contributed by atoms with Crippen molar-refractivity contribution in [2.75, 3.05) is 6.54 Å². The van der Waals surface area contributed by atoms with Crippen molar-refractivity contribution in [3.8, 4) is 0 Å². The Morgan fingerprint density at radius 2 is 2.17 bits per heavy atom. The minimum atomic E-state index is -0.867. The van der Waals surface area contributed by atoms with E-state index in [1.54, 1.807) is 12.1 Å². The molecule has 24 heavy (non-hydrogen) atoms. The fourth-order valence-corrected chi connectivity index (χ4v) is 4.00. The second-order valence-electron chi connectivity index (χ2n) is 6.89. The number of rotatable bonds is 4. The third-order valence-corrected chi connectivity index (χ3v) is 5.21. The van der Waals surface area contributed by atoms with Crippen LogP contribution in [0.3, 0.4) is 0 Å². The lowest BCUT2D eigenvalue weighted by Gasteiger charge is -2.23. The van der Waals surface area contributed by atoms with Crippen LogP contribution in [-0.4, -0.2) is 32.5 Å². The SMILES string of the molecule is O=C(O)c1cccc(CN2CCCC2c2nc3c([nH]2)CCCC3)c1. The van der Waals surface area contributed by atoms with Gasteiger partial charge in [0.15, 0.2) is 0 Å². The Morgan fingerprint density at radius 1 is 1.29 bits per heavy atom. The lowest BCUT2D eigenvalue weighted by Crippen LogP contribution is -2.23. The molecule has 1 saturated heterocycles. The molecule has 0 radical (unpaired) electrons. The van der Waals surface area contributed by atoms with E-state index in [0.29, 0.717) is 11.6 Å². The highest BCUT2D eigenvalue weighted by molar-refractivity contribution is 5.87. The molecular weight excluding hydrogens is 302 g/mol. The number of aromatic nitrogens is 2. The number of imidazole rings is 1. The average Bonchev–Trinajstić information content (AvgIpc) is 3.21. The highest BCUT2D eigenvalue weighted by atomic mass is 16.4. The van der Waals surface area contributed by atoms with Gasteiger partial charge in [0.25, 0.3) is 0 Å². The first kappa shape index (κ1) is 15.4. The van der Waals surface area contributed by atoms with Crippen molar-refractivity contribution in [1.29, 1.82) is 0 Å². The van der Waals surface area contributed by atoms with Crippen LogP contribution in [0.4, 0.5) is 0 Å². The largest absolute Gasteiger partial charge is 0.478 e. The van der Waals surface area contributed by atoms with Crippen LogP contribution in [0.25, 0.3) is 0 Å². The van der Waals surface area contributed by atoms with E-state index in [2.05, 4.69) is 9.88 Å². The Balaban J connectivity index is 1.53. The molecule has 1 aromatic heterocycles. The summed E-state index contributed by atoms with van der Waals surface area (Å²) in [5, 5.41) is 9.16. The number of aromatic carboxylic acids is 1. The van der Waals surface area contributed by atoms with Crippen LogP contribution in [-0.2, 0) is 19.4 Å². The maximum absolute atomic E-state index is 11.2. The molecule has 5 heteroatoms. The number of hydrogen-bond donors (Lipinski definition) is 2. The molecule has 0 bridgehead atoms. The molecule has 0 amide bonds. The summed E-state index contributed by atoms with van der Waals surface area (Å²) >= 11 is 0. The van der Waals surface area contributed by atoms with Gasteiger partial charge >= 0.3 is 5.97 Å². The first-order valence-corrected chi connectivity index (χ1v) is 8.84. The molecule has 1 fully saturated rings. The molecule has 1 atom stereocenters. The van der Waals surface area contributed by atoms with E-state index in [4.69, 9.17) is 10.1 Å². The smallest absolute Gasteiger partial charge is 0.335 e. The molecule has 1 unspecified atom stereocenters. The predicted molar refractivity (Wildman–Crippen MR) is 91.0 cm³/mol. The van der Waals surface area contributed by atoms with Gasteiger partial charge in [-0.2, -0.15) is 0 Å². The van der Waals surface area contributed by atoms with E-state index in [9.17, 15) is 4.79 Å². The van der Waals surface area contributed by atoms with Gasteiger partial charge in [0, 0.05) is 12.2 Å². The molecule has 4 rings (SSSR count). The first-order valence-electron chi connectivity index (χ1n) is 8.84. The molecule has 2 aromatic rings. The van der Waals surface area contributed by atoms with Crippen LogP contribution in [0.1, 0.15) is 64.9 Å². The minimum Gasteiger partial charge on any atom is -0.478 e. The van der Waals surface area contributed by atoms with Gasteiger partial charge in [-0.15, -0.1) is 0 Å². The van der Waals surface area contributed by atoms with Crippen LogP contribution < -0.4 is 0 Å². The standard InChI is InChI=1S/C19H23N3O2/c23-19(24)14-6-3-5-13(11-14)12-22-10-4-9-17(22)18-20-15-7-1-2-8-16(15)21-18/h3,5-6,11,17H,1-2,4,7-10,12H2,(H,20,21)(H,23,24). The van der Waals surface area contributed by atoms with E-state index >= 15 is 0 Å². The zero-order valence-corrected chi connectivity index (χ0v) is 13.8. The molecule has 2 N–H and O–H groups in total. The van der Waals surface area contributed by atoms with Gasteiger partial charge in [-0.3, -0.25) is 4.90 Å². The minimum absolute atomic E-state index is 0.323. The number of carboxylic acid groups (broad SMARTS) is 1. The molecule has 1 aliphatic heterocycles. The number of aryl methyl sites for hydroxylation is 2. The highest BCUT2D eigenvalue weighted by Gasteiger charge is 2.29.